The maximum Gasteiger partial charge on any atom is 0.417 e. The predicted molar refractivity (Wildman–Crippen MR) is 314 cm³/mol. The third kappa shape index (κ3) is 9.73. The van der Waals surface area contributed by atoms with Crippen molar-refractivity contribution in [3.8, 4) is 85.2 Å². The zero-order chi connectivity index (χ0) is 60.2. The first kappa shape index (κ1) is 54.5. The fourth-order valence-corrected chi connectivity index (χ4v) is 11.4. The van der Waals surface area contributed by atoms with Crippen LogP contribution >= 0.6 is 0 Å². The first-order valence-electron chi connectivity index (χ1n) is 27.0. The van der Waals surface area contributed by atoms with Crippen LogP contribution in [0.25, 0.3) is 123 Å². The first-order valence-corrected chi connectivity index (χ1v) is 27.0. The Morgan fingerprint density at radius 2 is 0.651 bits per heavy atom. The van der Waals surface area contributed by atoms with Crippen molar-refractivity contribution >= 4 is 43.6 Å². The van der Waals surface area contributed by atoms with Crippen molar-refractivity contribution in [3.63, 3.8) is 0 Å². The molecule has 0 radical (unpaired) electrons. The van der Waals surface area contributed by atoms with Gasteiger partial charge in [0.05, 0.1) is 56.2 Å². The van der Waals surface area contributed by atoms with Crippen molar-refractivity contribution in [2.45, 2.75) is 67.7 Å². The van der Waals surface area contributed by atoms with E-state index in [0.717, 1.165) is 27.6 Å². The Morgan fingerprint density at radius 3 is 0.977 bits per heavy atom. The molecular weight excluding hydrogens is 1100 g/mol. The van der Waals surface area contributed by atoms with Crippen LogP contribution < -0.4 is 0 Å². The van der Waals surface area contributed by atoms with E-state index in [0.29, 0.717) is 143 Å². The highest BCUT2D eigenvalue weighted by molar-refractivity contribution is 6.14. The Labute approximate surface area is 485 Å². The fraction of sp³-hybridized carbons (Fsp3) is 0.154. The zero-order valence-corrected chi connectivity index (χ0v) is 47.1. The summed E-state index contributed by atoms with van der Waals surface area (Å²) in [6, 6.07) is 36.8. The van der Waals surface area contributed by atoms with E-state index < -0.39 is 29.0 Å². The summed E-state index contributed by atoms with van der Waals surface area (Å²) < 4.78 is 92.8. The van der Waals surface area contributed by atoms with Crippen LogP contribution in [0.5, 0.6) is 0 Å². The van der Waals surface area contributed by atoms with Gasteiger partial charge in [0.1, 0.15) is 46.6 Å². The van der Waals surface area contributed by atoms with Crippen LogP contribution in [-0.2, 0) is 12.4 Å². The Hall–Kier alpha value is -10.8. The van der Waals surface area contributed by atoms with Gasteiger partial charge in [-0.1, -0.05) is 12.1 Å². The largest absolute Gasteiger partial charge is 0.417 e. The van der Waals surface area contributed by atoms with E-state index in [1.54, 1.807) is 85.7 Å². The molecule has 86 heavy (non-hydrogen) atoms. The van der Waals surface area contributed by atoms with Crippen molar-refractivity contribution in [2.75, 3.05) is 0 Å². The molecule has 422 valence electrons. The maximum absolute atomic E-state index is 15.3. The third-order valence-corrected chi connectivity index (χ3v) is 14.9. The Morgan fingerprint density at radius 1 is 0.326 bits per heavy atom. The maximum atomic E-state index is 15.3. The smallest absolute Gasteiger partial charge is 0.309 e. The van der Waals surface area contributed by atoms with Crippen molar-refractivity contribution < 1.29 is 26.3 Å². The van der Waals surface area contributed by atoms with Gasteiger partial charge in [-0.25, -0.2) is 59.8 Å². The highest BCUT2D eigenvalue weighted by Crippen LogP contribution is 2.47. The summed E-state index contributed by atoms with van der Waals surface area (Å²) in [7, 11) is 0. The molecule has 0 aliphatic rings. The normalized spacial score (nSPS) is 12.1. The van der Waals surface area contributed by atoms with E-state index in [9.17, 15) is 18.4 Å². The molecule has 0 bridgehead atoms. The molecule has 0 aliphatic heterocycles. The minimum absolute atomic E-state index is 0.0491. The van der Waals surface area contributed by atoms with Crippen LogP contribution in [0.4, 0.5) is 26.3 Å². The molecule has 7 aromatic carbocycles. The number of alkyl halides is 6. The topological polar surface area (TPSA) is 188 Å². The number of hydrogen-bond acceptors (Lipinski definition) is 13. The number of aromatic nitrogens is 14. The molecule has 6 heterocycles. The monoisotopic (exact) mass is 1150 g/mol. The number of benzene rings is 7. The number of nitrogens with zero attached hydrogens (tertiary/aromatic N) is 15. The van der Waals surface area contributed by atoms with Crippen LogP contribution in [0.15, 0.2) is 127 Å². The van der Waals surface area contributed by atoms with Crippen molar-refractivity contribution in [1.29, 1.82) is 5.26 Å². The van der Waals surface area contributed by atoms with Gasteiger partial charge in [-0.2, -0.15) is 31.6 Å². The molecule has 15 nitrogen and oxygen atoms in total. The van der Waals surface area contributed by atoms with E-state index in [1.165, 1.54) is 6.07 Å². The minimum atomic E-state index is -5.22. The highest BCUT2D eigenvalue weighted by atomic mass is 19.4. The number of nitriles is 1. The van der Waals surface area contributed by atoms with Crippen LogP contribution in [0.2, 0.25) is 0 Å². The summed E-state index contributed by atoms with van der Waals surface area (Å²) in [6.07, 6.45) is -10.3. The van der Waals surface area contributed by atoms with E-state index >= 15 is 13.2 Å². The summed E-state index contributed by atoms with van der Waals surface area (Å²) in [5.41, 5.74) is 3.74. The molecule has 0 spiro atoms. The molecule has 13 aromatic rings. The van der Waals surface area contributed by atoms with Crippen LogP contribution in [0.3, 0.4) is 0 Å². The average Bonchev–Trinajstić information content (AvgIpc) is 2.45. The molecule has 21 heteroatoms. The summed E-state index contributed by atoms with van der Waals surface area (Å²) in [5, 5.41) is 13.7. The molecule has 0 amide bonds. The van der Waals surface area contributed by atoms with Gasteiger partial charge < -0.3 is 9.13 Å². The second kappa shape index (κ2) is 20.3. The molecule has 0 aliphatic carbocycles. The van der Waals surface area contributed by atoms with Gasteiger partial charge in [0.15, 0.2) is 23.3 Å². The zero-order valence-electron chi connectivity index (χ0n) is 47.1. The second-order valence-electron chi connectivity index (χ2n) is 20.9. The summed E-state index contributed by atoms with van der Waals surface area (Å²) in [6.45, 7) is 14.3. The van der Waals surface area contributed by atoms with Gasteiger partial charge in [0, 0.05) is 54.9 Å². The first-order chi connectivity index (χ1) is 41.0. The molecular formula is C65H45F6N15. The van der Waals surface area contributed by atoms with Gasteiger partial charge in [-0.15, -0.1) is 0 Å². The molecule has 13 rings (SSSR count). The van der Waals surface area contributed by atoms with E-state index in [1.807, 2.05) is 81.9 Å². The number of rotatable bonds is 8. The Bertz CT molecular complexity index is 4760. The summed E-state index contributed by atoms with van der Waals surface area (Å²) in [4.78, 5) is 55.0. The number of halogens is 6. The lowest BCUT2D eigenvalue weighted by Crippen LogP contribution is -2.12. The molecule has 0 saturated carbocycles. The van der Waals surface area contributed by atoms with Crippen molar-refractivity contribution in [2.24, 2.45) is 0 Å². The SMILES string of the molecule is Cc1nc(C)nc(-c2ccc3c(c2)c2cc(-c4nc(C)nc(C)n4)ccc2n3-c2ccc(C#N)cc2-c2cc(-c3ccc(C(F)(F)F)cc3C(F)(F)F)ccc2-n2c3ccc(-c4nc(C)nc(C)n4)cc3c3cc(-c4nc(C)nc(C)n4)ccc32)n1. The van der Waals surface area contributed by atoms with Gasteiger partial charge in [-0.3, -0.25) is 0 Å². The van der Waals surface area contributed by atoms with Crippen LogP contribution in [0.1, 0.15) is 63.3 Å². The van der Waals surface area contributed by atoms with Gasteiger partial charge in [-0.05, 0) is 182 Å². The minimum Gasteiger partial charge on any atom is -0.309 e. The molecule has 0 fully saturated rings. The van der Waals surface area contributed by atoms with Gasteiger partial charge in [0.2, 0.25) is 0 Å². The molecule has 0 saturated heterocycles. The van der Waals surface area contributed by atoms with E-state index in [4.69, 9.17) is 0 Å². The van der Waals surface area contributed by atoms with Crippen molar-refractivity contribution in [1.82, 2.24) is 68.9 Å². The lowest BCUT2D eigenvalue weighted by Gasteiger charge is -2.21. The molecule has 6 aromatic heterocycles. The molecule has 0 atom stereocenters. The fourth-order valence-electron chi connectivity index (χ4n) is 11.4. The van der Waals surface area contributed by atoms with E-state index in [-0.39, 0.29) is 17.2 Å². The number of hydrogen-bond donors (Lipinski definition) is 0. The quantitative estimate of drug-likeness (QED) is 0.131. The number of fused-ring (bicyclic) bond motifs is 6. The van der Waals surface area contributed by atoms with Crippen LogP contribution in [0, 0.1) is 66.7 Å². The average molecular weight is 1150 g/mol. The van der Waals surface area contributed by atoms with Crippen molar-refractivity contribution in [3.05, 3.63) is 191 Å². The van der Waals surface area contributed by atoms with Gasteiger partial charge in [0.25, 0.3) is 0 Å². The Balaban J connectivity index is 1.14. The third-order valence-electron chi connectivity index (χ3n) is 14.9. The lowest BCUT2D eigenvalue weighted by atomic mass is 9.92. The van der Waals surface area contributed by atoms with Crippen LogP contribution in [-0.4, -0.2) is 68.9 Å². The summed E-state index contributed by atoms with van der Waals surface area (Å²) in [5.74, 6) is 5.95. The predicted octanol–water partition coefficient (Wildman–Crippen LogP) is 15.0. The molecule has 0 unspecified atom stereocenters. The van der Waals surface area contributed by atoms with E-state index in [2.05, 4.69) is 65.9 Å². The highest BCUT2D eigenvalue weighted by Gasteiger charge is 2.39. The standard InChI is InChI=1S/C65H45F6N15/c1-31-73-32(2)78-60(77-31)41-11-19-56-49(25-41)50-26-42(61-79-33(3)74-34(4)80-61)12-20-57(50)85(56)54-17-9-39(30-72)23-47(54)48-24-40(46-16-15-45(64(66,67)68)29-53(46)65(69,70)71)10-18-55(48)86-58-21-13-43(62-81-35(5)75-36(6)82-62)27-51(58)52-28-44(14-22-59(52)86)63-83-37(7)76-38(8)84-63/h9-29H,1-8H3. The number of aryl methyl sites for hydroxylation is 8. The molecule has 0 N–H and O–H groups in total. The summed E-state index contributed by atoms with van der Waals surface area (Å²) >= 11 is 0. The lowest BCUT2D eigenvalue weighted by molar-refractivity contribution is -0.142. The Kier molecular flexibility index (Phi) is 12.8. The van der Waals surface area contributed by atoms with Gasteiger partial charge >= 0.3 is 12.4 Å². The second-order valence-corrected chi connectivity index (χ2v) is 20.9.